The molecule has 140 valence electrons. The number of carbonyl (C=O) groups excluding carboxylic acids is 1. The number of amides is 1. The summed E-state index contributed by atoms with van der Waals surface area (Å²) < 4.78 is 1.99. The normalized spacial score (nSPS) is 19.7. The number of imidazole rings is 1. The van der Waals surface area contributed by atoms with E-state index in [-0.39, 0.29) is 12.5 Å². The van der Waals surface area contributed by atoms with Gasteiger partial charge in [0.1, 0.15) is 23.6 Å². The van der Waals surface area contributed by atoms with Crippen LogP contribution in [-0.2, 0) is 17.8 Å². The van der Waals surface area contributed by atoms with Crippen molar-refractivity contribution in [3.05, 3.63) is 36.3 Å². The Morgan fingerprint density at radius 3 is 3.00 bits per heavy atom. The number of rotatable bonds is 7. The molecule has 1 atom stereocenters. The van der Waals surface area contributed by atoms with Crippen molar-refractivity contribution < 1.29 is 9.90 Å². The lowest BCUT2D eigenvalue weighted by Gasteiger charge is -2.24. The molecule has 1 aliphatic heterocycles. The van der Waals surface area contributed by atoms with Gasteiger partial charge in [0.25, 0.3) is 0 Å². The average molecular weight is 358 g/mol. The van der Waals surface area contributed by atoms with Gasteiger partial charge < -0.3 is 19.9 Å². The number of anilines is 1. The monoisotopic (exact) mass is 358 g/mol. The summed E-state index contributed by atoms with van der Waals surface area (Å²) in [7, 11) is 0. The highest BCUT2D eigenvalue weighted by atomic mass is 16.3. The van der Waals surface area contributed by atoms with E-state index >= 15 is 0 Å². The summed E-state index contributed by atoms with van der Waals surface area (Å²) in [5, 5.41) is 13.6. The van der Waals surface area contributed by atoms with E-state index in [0.717, 1.165) is 23.8 Å². The first kappa shape index (κ1) is 18.3. The van der Waals surface area contributed by atoms with Crippen molar-refractivity contribution in [3.8, 4) is 0 Å². The zero-order valence-corrected chi connectivity index (χ0v) is 15.4. The fraction of sp³-hybridized carbons (Fsp3) is 0.556. The number of aromatic nitrogens is 4. The maximum atomic E-state index is 12.1. The quantitative estimate of drug-likeness (QED) is 0.756. The lowest BCUT2D eigenvalue weighted by Crippen LogP contribution is -2.45. The summed E-state index contributed by atoms with van der Waals surface area (Å²) in [6.07, 6.45) is 6.98. The predicted octanol–water partition coefficient (Wildman–Crippen LogP) is 0.692. The van der Waals surface area contributed by atoms with Crippen LogP contribution in [0.4, 0.5) is 5.82 Å². The summed E-state index contributed by atoms with van der Waals surface area (Å²) in [5.74, 6) is 1.72. The SMILES string of the molecule is CCc1nccn1CCC(=O)NC[C@]1(O)CCN(c2cc(C)ncn2)C1. The van der Waals surface area contributed by atoms with Gasteiger partial charge >= 0.3 is 0 Å². The number of carbonyl (C=O) groups is 1. The minimum absolute atomic E-state index is 0.0643. The van der Waals surface area contributed by atoms with Gasteiger partial charge in [-0.2, -0.15) is 0 Å². The number of nitrogens with zero attached hydrogens (tertiary/aromatic N) is 5. The van der Waals surface area contributed by atoms with Crippen LogP contribution in [0.15, 0.2) is 24.8 Å². The molecule has 0 radical (unpaired) electrons. The molecular formula is C18H26N6O2. The largest absolute Gasteiger partial charge is 0.386 e. The van der Waals surface area contributed by atoms with Crippen LogP contribution in [0, 0.1) is 6.92 Å². The molecular weight excluding hydrogens is 332 g/mol. The van der Waals surface area contributed by atoms with Crippen LogP contribution in [-0.4, -0.2) is 55.8 Å². The van der Waals surface area contributed by atoms with Crippen LogP contribution in [0.3, 0.4) is 0 Å². The Kier molecular flexibility index (Phi) is 5.51. The summed E-state index contributed by atoms with van der Waals surface area (Å²) in [5.41, 5.74) is -0.0392. The third kappa shape index (κ3) is 4.37. The topological polar surface area (TPSA) is 96.2 Å². The smallest absolute Gasteiger partial charge is 0.221 e. The van der Waals surface area contributed by atoms with Gasteiger partial charge in [0.15, 0.2) is 0 Å². The molecule has 2 N–H and O–H groups in total. The van der Waals surface area contributed by atoms with Gasteiger partial charge in [0, 0.05) is 63.2 Å². The Bertz CT molecular complexity index is 762. The average Bonchev–Trinajstić information content (AvgIpc) is 3.25. The number of hydrogen-bond acceptors (Lipinski definition) is 6. The second-order valence-electron chi connectivity index (χ2n) is 6.83. The Hall–Kier alpha value is -2.48. The van der Waals surface area contributed by atoms with Crippen molar-refractivity contribution >= 4 is 11.7 Å². The molecule has 1 fully saturated rings. The summed E-state index contributed by atoms with van der Waals surface area (Å²) >= 11 is 0. The van der Waals surface area contributed by atoms with Crippen molar-refractivity contribution in [3.63, 3.8) is 0 Å². The molecule has 2 aromatic heterocycles. The van der Waals surface area contributed by atoms with Crippen LogP contribution in [0.5, 0.6) is 0 Å². The molecule has 0 aliphatic carbocycles. The molecule has 8 heteroatoms. The van der Waals surface area contributed by atoms with Crippen LogP contribution >= 0.6 is 0 Å². The minimum Gasteiger partial charge on any atom is -0.386 e. The van der Waals surface area contributed by atoms with E-state index in [1.807, 2.05) is 35.6 Å². The lowest BCUT2D eigenvalue weighted by molar-refractivity contribution is -0.122. The van der Waals surface area contributed by atoms with E-state index in [1.54, 1.807) is 6.20 Å². The van der Waals surface area contributed by atoms with Crippen LogP contribution < -0.4 is 10.2 Å². The standard InChI is InChI=1S/C18H26N6O2/c1-3-15-19-6-9-23(15)7-4-17(25)20-11-18(26)5-8-24(12-18)16-10-14(2)21-13-22-16/h6,9-10,13,26H,3-5,7-8,11-12H2,1-2H3,(H,20,25)/t18-/m1/s1. The van der Waals surface area contributed by atoms with E-state index in [9.17, 15) is 9.90 Å². The minimum atomic E-state index is -0.932. The number of aryl methyl sites for hydroxylation is 3. The molecule has 0 bridgehead atoms. The lowest BCUT2D eigenvalue weighted by atomic mass is 10.0. The third-order valence-electron chi connectivity index (χ3n) is 4.76. The molecule has 1 saturated heterocycles. The molecule has 1 amide bonds. The molecule has 0 aromatic carbocycles. The molecule has 3 heterocycles. The third-order valence-corrected chi connectivity index (χ3v) is 4.76. The highest BCUT2D eigenvalue weighted by Gasteiger charge is 2.36. The summed E-state index contributed by atoms with van der Waals surface area (Å²) in [6.45, 7) is 5.96. The molecule has 0 unspecified atom stereocenters. The van der Waals surface area contributed by atoms with Crippen LogP contribution in [0.2, 0.25) is 0 Å². The molecule has 8 nitrogen and oxygen atoms in total. The van der Waals surface area contributed by atoms with E-state index in [1.165, 1.54) is 6.33 Å². The van der Waals surface area contributed by atoms with Gasteiger partial charge in [-0.3, -0.25) is 4.79 Å². The number of aliphatic hydroxyl groups is 1. The zero-order valence-electron chi connectivity index (χ0n) is 15.4. The molecule has 2 aromatic rings. The number of nitrogens with one attached hydrogen (secondary N) is 1. The fourth-order valence-electron chi connectivity index (χ4n) is 3.24. The molecule has 26 heavy (non-hydrogen) atoms. The number of β-amino-alcohol motifs (C(OH)–C–C–N with tert-alkyl or cyclic N) is 1. The highest BCUT2D eigenvalue weighted by molar-refractivity contribution is 5.75. The van der Waals surface area contributed by atoms with E-state index in [0.29, 0.717) is 32.5 Å². The molecule has 0 saturated carbocycles. The van der Waals surface area contributed by atoms with Gasteiger partial charge in [-0.15, -0.1) is 0 Å². The van der Waals surface area contributed by atoms with Gasteiger partial charge in [0.2, 0.25) is 5.91 Å². The fourth-order valence-corrected chi connectivity index (χ4v) is 3.24. The van der Waals surface area contributed by atoms with Gasteiger partial charge in [-0.25, -0.2) is 15.0 Å². The van der Waals surface area contributed by atoms with Crippen molar-refractivity contribution in [2.75, 3.05) is 24.5 Å². The second-order valence-corrected chi connectivity index (χ2v) is 6.83. The van der Waals surface area contributed by atoms with Crippen molar-refractivity contribution in [2.45, 2.75) is 45.3 Å². The van der Waals surface area contributed by atoms with E-state index in [4.69, 9.17) is 0 Å². The maximum absolute atomic E-state index is 12.1. The van der Waals surface area contributed by atoms with Gasteiger partial charge in [0.05, 0.1) is 0 Å². The first-order valence-electron chi connectivity index (χ1n) is 9.02. The van der Waals surface area contributed by atoms with Crippen LogP contribution in [0.1, 0.15) is 31.3 Å². The summed E-state index contributed by atoms with van der Waals surface area (Å²) in [4.78, 5) is 26.8. The maximum Gasteiger partial charge on any atom is 0.221 e. The van der Waals surface area contributed by atoms with Gasteiger partial charge in [-0.05, 0) is 13.3 Å². The Morgan fingerprint density at radius 2 is 2.23 bits per heavy atom. The molecule has 0 spiro atoms. The van der Waals surface area contributed by atoms with Crippen LogP contribution in [0.25, 0.3) is 0 Å². The Balaban J connectivity index is 1.47. The van der Waals surface area contributed by atoms with Gasteiger partial charge in [-0.1, -0.05) is 6.92 Å². The summed E-state index contributed by atoms with van der Waals surface area (Å²) in [6, 6.07) is 1.90. The van der Waals surface area contributed by atoms with Crippen molar-refractivity contribution in [1.82, 2.24) is 24.8 Å². The first-order valence-corrected chi connectivity index (χ1v) is 9.02. The molecule has 3 rings (SSSR count). The van der Waals surface area contributed by atoms with Crippen molar-refractivity contribution in [1.29, 1.82) is 0 Å². The Labute approximate surface area is 153 Å². The Morgan fingerprint density at radius 1 is 1.38 bits per heavy atom. The number of hydrogen-bond donors (Lipinski definition) is 2. The second kappa shape index (κ2) is 7.82. The predicted molar refractivity (Wildman–Crippen MR) is 97.8 cm³/mol. The van der Waals surface area contributed by atoms with E-state index < -0.39 is 5.60 Å². The zero-order chi connectivity index (χ0) is 18.6. The highest BCUT2D eigenvalue weighted by Crippen LogP contribution is 2.25. The first-order chi connectivity index (χ1) is 12.5. The van der Waals surface area contributed by atoms with E-state index in [2.05, 4.69) is 20.3 Å². The van der Waals surface area contributed by atoms with Crippen molar-refractivity contribution in [2.24, 2.45) is 0 Å². The molecule has 1 aliphatic rings.